The molecule has 10 nitrogen and oxygen atoms in total. The third-order valence-electron chi connectivity index (χ3n) is 4.31. The molecule has 0 aliphatic rings. The topological polar surface area (TPSA) is 122 Å². The minimum atomic E-state index is -1.61. The van der Waals surface area contributed by atoms with Crippen LogP contribution in [0.4, 0.5) is 0 Å². The third-order valence-corrected chi connectivity index (χ3v) is 6.43. The molecule has 11 heteroatoms. The molecule has 0 radical (unpaired) electrons. The summed E-state index contributed by atoms with van der Waals surface area (Å²) in [5, 5.41) is 13.1. The van der Waals surface area contributed by atoms with E-state index in [1.807, 2.05) is 6.92 Å². The first-order valence-corrected chi connectivity index (χ1v) is 12.9. The molecular weight excluding hydrogens is 451 g/mol. The quantitative estimate of drug-likeness (QED) is 0.0709. The molecule has 198 valence electrons. The fourth-order valence-corrected chi connectivity index (χ4v) is 4.51. The number of aliphatic hydroxyl groups is 3. The van der Waals surface area contributed by atoms with Crippen LogP contribution in [-0.2, 0) is 23.3 Å². The Hall–Kier alpha value is -0.420. The molecule has 1 atom stereocenters. The fourth-order valence-electron chi connectivity index (χ4n) is 2.87. The lowest BCUT2D eigenvalue weighted by atomic mass is 10.1. The van der Waals surface area contributed by atoms with Gasteiger partial charge in [0.2, 0.25) is 4.29 Å². The van der Waals surface area contributed by atoms with Crippen molar-refractivity contribution in [3.05, 3.63) is 0 Å². The van der Waals surface area contributed by atoms with Crippen molar-refractivity contribution < 1.29 is 38.6 Å². The van der Waals surface area contributed by atoms with Gasteiger partial charge in [-0.05, 0) is 53.9 Å². The summed E-state index contributed by atoms with van der Waals surface area (Å²) in [5.74, 6) is 0. The van der Waals surface area contributed by atoms with Gasteiger partial charge in [-0.3, -0.25) is 9.52 Å². The first-order valence-electron chi connectivity index (χ1n) is 13.0. The highest BCUT2D eigenvalue weighted by Gasteiger charge is 2.41. The van der Waals surface area contributed by atoms with Crippen LogP contribution in [0.15, 0.2) is 4.99 Å². The predicted octanol–water partition coefficient (Wildman–Crippen LogP) is 2.35. The monoisotopic (exact) mass is 501 g/mol. The Bertz CT molecular complexity index is 484. The Morgan fingerprint density at radius 3 is 1.70 bits per heavy atom. The summed E-state index contributed by atoms with van der Waals surface area (Å²) in [7, 11) is -1.61. The van der Waals surface area contributed by atoms with Crippen molar-refractivity contribution >= 4 is 14.9 Å². The van der Waals surface area contributed by atoms with Crippen LogP contribution < -0.4 is 0 Å². The highest BCUT2D eigenvalue weighted by Crippen LogP contribution is 2.49. The van der Waals surface area contributed by atoms with Gasteiger partial charge in [0.05, 0.1) is 19.8 Å². The number of hydrogen-bond donors (Lipinski definition) is 3. The minimum absolute atomic E-state index is 0.129. The Kier molecular flexibility index (Phi) is 17.2. The summed E-state index contributed by atoms with van der Waals surface area (Å²) in [4.78, 5) is 4.20. The van der Waals surface area contributed by atoms with E-state index in [0.29, 0.717) is 45.6 Å². The van der Waals surface area contributed by atoms with E-state index in [1.165, 1.54) is 6.40 Å². The molecule has 1 unspecified atom stereocenters. The normalized spacial score (nSPS) is 14.8. The van der Waals surface area contributed by atoms with Crippen molar-refractivity contribution in [3.63, 3.8) is 0 Å². The maximum absolute atomic E-state index is 6.85. The molecular formula is C22H47N2O8P. The lowest BCUT2D eigenvalue weighted by Crippen LogP contribution is -2.48. The average Bonchev–Trinajstić information content (AvgIpc) is 2.83. The molecule has 0 bridgehead atoms. The van der Waals surface area contributed by atoms with Gasteiger partial charge in [-0.1, -0.05) is 0 Å². The van der Waals surface area contributed by atoms with Gasteiger partial charge in [0, 0.05) is 58.3 Å². The number of hydrogen-bond acceptors (Lipinski definition) is 10. The summed E-state index contributed by atoms with van der Waals surface area (Å²) in [6.07, 6.45) is 3.10. The number of nitrogens with zero attached hydrogens (tertiary/aromatic N) is 2. The van der Waals surface area contributed by atoms with Crippen LogP contribution in [0.5, 0.6) is 0 Å². The van der Waals surface area contributed by atoms with E-state index in [4.69, 9.17) is 27.6 Å². The van der Waals surface area contributed by atoms with Gasteiger partial charge in [0.15, 0.2) is 6.40 Å². The number of rotatable bonds is 26. The summed E-state index contributed by atoms with van der Waals surface area (Å²) < 4.78 is 53.2. The van der Waals surface area contributed by atoms with Gasteiger partial charge in [-0.2, -0.15) is 0 Å². The molecule has 3 N–H and O–H groups in total. The van der Waals surface area contributed by atoms with E-state index >= 15 is 0 Å². The number of ether oxygens (including phenoxy) is 3. The molecule has 33 heavy (non-hydrogen) atoms. The summed E-state index contributed by atoms with van der Waals surface area (Å²) in [5.41, 5.74) is -1.01. The van der Waals surface area contributed by atoms with Crippen molar-refractivity contribution in [2.45, 2.75) is 71.6 Å². The fraction of sp³-hybridized carbons (Fsp3) is 0.955. The molecule has 0 spiro atoms. The van der Waals surface area contributed by atoms with Crippen LogP contribution >= 0.6 is 8.53 Å². The Labute approximate surface area is 205 Å². The zero-order valence-corrected chi connectivity index (χ0v) is 21.9. The largest absolute Gasteiger partial charge is 0.425 e. The van der Waals surface area contributed by atoms with Gasteiger partial charge in [-0.25, -0.2) is 4.67 Å². The smallest absolute Gasteiger partial charge is 0.323 e. The molecule has 0 aliphatic heterocycles. The van der Waals surface area contributed by atoms with Crippen molar-refractivity contribution in [3.8, 4) is 0 Å². The van der Waals surface area contributed by atoms with E-state index < -0.39 is 14.1 Å². The van der Waals surface area contributed by atoms with E-state index in [2.05, 4.69) is 52.7 Å². The second kappa shape index (κ2) is 20.9. The third kappa shape index (κ3) is 15.2. The lowest BCUT2D eigenvalue weighted by Gasteiger charge is -2.41. The number of aliphatic hydroxyl groups excluding tert-OH is 3. The molecule has 0 aromatic carbocycles. The van der Waals surface area contributed by atoms with Crippen LogP contribution in [0.1, 0.15) is 53.9 Å². The average molecular weight is 502 g/mol. The maximum atomic E-state index is 6.85. The Morgan fingerprint density at radius 1 is 0.879 bits per heavy atom. The second-order valence-electron chi connectivity index (χ2n) is 8.12. The van der Waals surface area contributed by atoms with E-state index in [9.17, 15) is 0 Å². The van der Waals surface area contributed by atoms with Gasteiger partial charge in [0.25, 0.3) is 0 Å². The Morgan fingerprint density at radius 2 is 1.33 bits per heavy atom. The highest BCUT2D eigenvalue weighted by molar-refractivity contribution is 7.45. The minimum Gasteiger partial charge on any atom is -0.425 e. The van der Waals surface area contributed by atoms with Crippen LogP contribution in [0.25, 0.3) is 0 Å². The van der Waals surface area contributed by atoms with E-state index in [-0.39, 0.29) is 51.7 Å². The lowest BCUT2D eigenvalue weighted by molar-refractivity contribution is -0.122. The second-order valence-corrected chi connectivity index (χ2v) is 9.45. The highest BCUT2D eigenvalue weighted by atomic mass is 31.2. The van der Waals surface area contributed by atoms with Gasteiger partial charge >= 0.3 is 8.53 Å². The molecule has 0 saturated carbocycles. The predicted molar refractivity (Wildman–Crippen MR) is 131 cm³/mol. The SMILES string of the molecule is [2H]OCCCOCC(COCCCO[2H])(COCCCO[2H])OP(OC=NCC)N(C(C)C)C(C)C. The van der Waals surface area contributed by atoms with Crippen LogP contribution in [0, 0.1) is 0 Å². The van der Waals surface area contributed by atoms with Crippen LogP contribution in [0.2, 0.25) is 0 Å². The molecule has 0 saturated heterocycles. The first kappa shape index (κ1) is 27.2. The van der Waals surface area contributed by atoms with E-state index in [1.54, 1.807) is 0 Å². The molecule has 0 aromatic rings. The maximum Gasteiger partial charge on any atom is 0.323 e. The number of aliphatic imine (C=N–C) groups is 1. The Balaban J connectivity index is 5.83. The van der Waals surface area contributed by atoms with E-state index in [0.717, 1.165) is 0 Å². The molecule has 0 rings (SSSR count). The summed E-state index contributed by atoms with van der Waals surface area (Å²) in [6.45, 7) is 13.2. The van der Waals surface area contributed by atoms with Gasteiger partial charge < -0.3 is 34.1 Å². The van der Waals surface area contributed by atoms with Gasteiger partial charge in [0.1, 0.15) is 5.60 Å². The van der Waals surface area contributed by atoms with Crippen LogP contribution in [-0.4, -0.2) is 114 Å². The van der Waals surface area contributed by atoms with Crippen molar-refractivity contribution in [2.75, 3.05) is 66.0 Å². The molecule has 0 fully saturated rings. The summed E-state index contributed by atoms with van der Waals surface area (Å²) >= 11 is 0. The standard InChI is InChI=1S/C22H47N2O8P/c1-6-23-19-31-33(24(20(2)3)21(4)5)32-22(16-28-13-7-10-25,17-29-14-8-11-26)18-30-15-9-12-27/h19-21,25-27H,6-18H2,1-5H3/i25D,26D,27D. The summed E-state index contributed by atoms with van der Waals surface area (Å²) in [6, 6.07) is 0.258. The zero-order chi connectivity index (χ0) is 27.1. The molecule has 0 amide bonds. The van der Waals surface area contributed by atoms with Crippen molar-refractivity contribution in [2.24, 2.45) is 4.99 Å². The van der Waals surface area contributed by atoms with Crippen LogP contribution in [0.3, 0.4) is 0 Å². The molecule has 0 heterocycles. The van der Waals surface area contributed by atoms with Gasteiger partial charge in [-0.15, -0.1) is 0 Å². The first-order chi connectivity index (χ1) is 17.4. The molecule has 0 aliphatic carbocycles. The molecule has 0 aromatic heterocycles. The zero-order valence-electron chi connectivity index (χ0n) is 24.0. The van der Waals surface area contributed by atoms with Crippen molar-refractivity contribution in [1.82, 2.24) is 4.67 Å². The van der Waals surface area contributed by atoms with Crippen molar-refractivity contribution in [1.29, 1.82) is 4.29 Å².